The van der Waals surface area contributed by atoms with Crippen LogP contribution in [0, 0.1) is 0 Å². The number of nitrogens with two attached hydrogens (primary N) is 1. The van der Waals surface area contributed by atoms with Gasteiger partial charge in [0.05, 0.1) is 5.56 Å². The van der Waals surface area contributed by atoms with Gasteiger partial charge in [0.1, 0.15) is 4.99 Å². The Morgan fingerprint density at radius 1 is 1.59 bits per heavy atom. The molecule has 2 heterocycles. The summed E-state index contributed by atoms with van der Waals surface area (Å²) in [6.07, 6.45) is 0.909. The molecule has 1 aromatic rings. The maximum atomic E-state index is 12.0. The summed E-state index contributed by atoms with van der Waals surface area (Å²) in [4.78, 5) is 14.5. The van der Waals surface area contributed by atoms with Crippen LogP contribution in [0.3, 0.4) is 0 Å². The third-order valence-corrected chi connectivity index (χ3v) is 3.62. The number of pyridine rings is 1. The van der Waals surface area contributed by atoms with Gasteiger partial charge in [0.25, 0.3) is 5.56 Å². The van der Waals surface area contributed by atoms with Gasteiger partial charge in [-0.1, -0.05) is 19.1 Å². The first-order valence-corrected chi connectivity index (χ1v) is 6.19. The molecule has 5 heteroatoms. The van der Waals surface area contributed by atoms with Crippen molar-refractivity contribution in [1.29, 1.82) is 0 Å². The number of fused-ring (bicyclic) bond motifs is 1. The molecule has 0 aromatic carbocycles. The largest absolute Gasteiger partial charge is 0.389 e. The number of hydrogen-bond donors (Lipinski definition) is 1. The van der Waals surface area contributed by atoms with E-state index < -0.39 is 0 Å². The molecule has 1 aliphatic rings. The number of aromatic nitrogens is 1. The molecule has 0 spiro atoms. The molecule has 0 unspecified atom stereocenters. The third-order valence-electron chi connectivity index (χ3n) is 3.40. The van der Waals surface area contributed by atoms with E-state index in [-0.39, 0.29) is 10.5 Å². The molecule has 4 nitrogen and oxygen atoms in total. The Morgan fingerprint density at radius 3 is 2.88 bits per heavy atom. The topological polar surface area (TPSA) is 51.3 Å². The van der Waals surface area contributed by atoms with Crippen molar-refractivity contribution in [2.75, 3.05) is 13.1 Å². The molecule has 0 atom stereocenters. The van der Waals surface area contributed by atoms with Crippen molar-refractivity contribution in [3.8, 4) is 0 Å². The van der Waals surface area contributed by atoms with E-state index in [9.17, 15) is 4.79 Å². The standard InChI is InChI=1S/C12H17N3OS/c1-3-15-5-4-10-8(7-15)6-9(11(13)17)12(16)14(10)2/h6H,3-5,7H2,1-2H3,(H2,13,17). The maximum Gasteiger partial charge on any atom is 0.260 e. The van der Waals surface area contributed by atoms with Crippen LogP contribution < -0.4 is 11.3 Å². The molecular formula is C12H17N3OS. The van der Waals surface area contributed by atoms with Crippen molar-refractivity contribution in [2.24, 2.45) is 12.8 Å². The van der Waals surface area contributed by atoms with Gasteiger partial charge in [-0.05, 0) is 18.2 Å². The first kappa shape index (κ1) is 12.3. The monoisotopic (exact) mass is 251 g/mol. The summed E-state index contributed by atoms with van der Waals surface area (Å²) in [6, 6.07) is 1.86. The maximum absolute atomic E-state index is 12.0. The number of hydrogen-bond acceptors (Lipinski definition) is 3. The molecule has 0 saturated carbocycles. The van der Waals surface area contributed by atoms with E-state index in [1.54, 1.807) is 11.6 Å². The minimum Gasteiger partial charge on any atom is -0.389 e. The van der Waals surface area contributed by atoms with E-state index in [1.165, 1.54) is 5.56 Å². The van der Waals surface area contributed by atoms with E-state index in [4.69, 9.17) is 18.0 Å². The third kappa shape index (κ3) is 2.12. The number of rotatable bonds is 2. The van der Waals surface area contributed by atoms with Crippen LogP contribution in [0.15, 0.2) is 10.9 Å². The van der Waals surface area contributed by atoms with Gasteiger partial charge in [-0.2, -0.15) is 0 Å². The summed E-state index contributed by atoms with van der Waals surface area (Å²) in [5.41, 5.74) is 8.24. The van der Waals surface area contributed by atoms with E-state index >= 15 is 0 Å². The van der Waals surface area contributed by atoms with Crippen LogP contribution in [0.4, 0.5) is 0 Å². The van der Waals surface area contributed by atoms with Gasteiger partial charge in [0.2, 0.25) is 0 Å². The van der Waals surface area contributed by atoms with Gasteiger partial charge in [0, 0.05) is 32.3 Å². The Kier molecular flexibility index (Phi) is 3.31. The normalized spacial score (nSPS) is 15.6. The molecule has 0 amide bonds. The van der Waals surface area contributed by atoms with Gasteiger partial charge < -0.3 is 10.3 Å². The second-order valence-corrected chi connectivity index (χ2v) is 4.82. The predicted molar refractivity (Wildman–Crippen MR) is 72.2 cm³/mol. The van der Waals surface area contributed by atoms with Crippen molar-refractivity contribution in [1.82, 2.24) is 9.47 Å². The van der Waals surface area contributed by atoms with Crippen LogP contribution in [0.25, 0.3) is 0 Å². The SMILES string of the molecule is CCN1CCc2c(cc(C(N)=S)c(=O)n2C)C1. The average Bonchev–Trinajstić information content (AvgIpc) is 2.32. The van der Waals surface area contributed by atoms with Gasteiger partial charge in [-0.25, -0.2) is 0 Å². The second kappa shape index (κ2) is 4.58. The fourth-order valence-corrected chi connectivity index (χ4v) is 2.48. The average molecular weight is 251 g/mol. The molecule has 17 heavy (non-hydrogen) atoms. The Hall–Kier alpha value is -1.20. The van der Waals surface area contributed by atoms with Gasteiger partial charge in [-0.15, -0.1) is 0 Å². The zero-order valence-corrected chi connectivity index (χ0v) is 11.0. The van der Waals surface area contributed by atoms with Gasteiger partial charge in [-0.3, -0.25) is 9.69 Å². The summed E-state index contributed by atoms with van der Waals surface area (Å²) in [6.45, 7) is 5.03. The van der Waals surface area contributed by atoms with Crippen molar-refractivity contribution >= 4 is 17.2 Å². The molecular weight excluding hydrogens is 234 g/mol. The highest BCUT2D eigenvalue weighted by Crippen LogP contribution is 2.17. The highest BCUT2D eigenvalue weighted by Gasteiger charge is 2.20. The van der Waals surface area contributed by atoms with Gasteiger partial charge in [0.15, 0.2) is 0 Å². The van der Waals surface area contributed by atoms with Crippen molar-refractivity contribution in [3.63, 3.8) is 0 Å². The van der Waals surface area contributed by atoms with Crippen molar-refractivity contribution in [2.45, 2.75) is 19.9 Å². The summed E-state index contributed by atoms with van der Waals surface area (Å²) in [5, 5.41) is 0. The molecule has 0 radical (unpaired) electrons. The Balaban J connectivity index is 2.55. The number of thiocarbonyl (C=S) groups is 1. The lowest BCUT2D eigenvalue weighted by Crippen LogP contribution is -2.37. The molecule has 2 rings (SSSR count). The zero-order chi connectivity index (χ0) is 12.6. The van der Waals surface area contributed by atoms with Crippen LogP contribution in [0.5, 0.6) is 0 Å². The van der Waals surface area contributed by atoms with Crippen LogP contribution >= 0.6 is 12.2 Å². The van der Waals surface area contributed by atoms with Crippen LogP contribution in [-0.4, -0.2) is 27.5 Å². The molecule has 1 aliphatic heterocycles. The van der Waals surface area contributed by atoms with Crippen molar-refractivity contribution < 1.29 is 0 Å². The molecule has 0 saturated heterocycles. The van der Waals surface area contributed by atoms with Crippen LogP contribution in [0.2, 0.25) is 0 Å². The fraction of sp³-hybridized carbons (Fsp3) is 0.500. The Bertz CT molecular complexity index is 521. The Labute approximate surface area is 106 Å². The Morgan fingerprint density at radius 2 is 2.29 bits per heavy atom. The molecule has 1 aromatic heterocycles. The molecule has 0 aliphatic carbocycles. The summed E-state index contributed by atoms with van der Waals surface area (Å²) >= 11 is 4.92. The van der Waals surface area contributed by atoms with Crippen LogP contribution in [0.1, 0.15) is 23.7 Å². The minimum absolute atomic E-state index is 0.0822. The molecule has 0 bridgehead atoms. The van der Waals surface area contributed by atoms with Crippen molar-refractivity contribution in [3.05, 3.63) is 33.2 Å². The zero-order valence-electron chi connectivity index (χ0n) is 10.2. The summed E-state index contributed by atoms with van der Waals surface area (Å²) < 4.78 is 1.69. The molecule has 92 valence electrons. The minimum atomic E-state index is -0.0822. The second-order valence-electron chi connectivity index (χ2n) is 4.38. The molecule has 2 N–H and O–H groups in total. The number of likely N-dealkylation sites (N-methyl/N-ethyl adjacent to an activating group) is 1. The van der Waals surface area contributed by atoms with E-state index in [2.05, 4.69) is 11.8 Å². The first-order valence-electron chi connectivity index (χ1n) is 5.78. The molecule has 0 fully saturated rings. The van der Waals surface area contributed by atoms with E-state index in [0.29, 0.717) is 5.56 Å². The van der Waals surface area contributed by atoms with E-state index in [0.717, 1.165) is 31.7 Å². The summed E-state index contributed by atoms with van der Waals surface area (Å²) in [7, 11) is 1.80. The first-order chi connectivity index (χ1) is 8.04. The number of nitrogens with zero attached hydrogens (tertiary/aromatic N) is 2. The predicted octanol–water partition coefficient (Wildman–Crippen LogP) is 0.398. The summed E-state index contributed by atoms with van der Waals surface area (Å²) in [5.74, 6) is 0. The van der Waals surface area contributed by atoms with E-state index in [1.807, 2.05) is 6.07 Å². The lowest BCUT2D eigenvalue weighted by molar-refractivity contribution is 0.263. The van der Waals surface area contributed by atoms with Gasteiger partial charge >= 0.3 is 0 Å². The highest BCUT2D eigenvalue weighted by molar-refractivity contribution is 7.80. The highest BCUT2D eigenvalue weighted by atomic mass is 32.1. The van der Waals surface area contributed by atoms with Crippen LogP contribution in [-0.2, 0) is 20.0 Å². The quantitative estimate of drug-likeness (QED) is 0.773. The smallest absolute Gasteiger partial charge is 0.260 e. The lowest BCUT2D eigenvalue weighted by atomic mass is 10.0. The fourth-order valence-electron chi connectivity index (χ4n) is 2.33. The lowest BCUT2D eigenvalue weighted by Gasteiger charge is -2.29.